The van der Waals surface area contributed by atoms with Crippen molar-refractivity contribution in [1.29, 1.82) is 0 Å². The van der Waals surface area contributed by atoms with Crippen LogP contribution in [0, 0.1) is 0 Å². The van der Waals surface area contributed by atoms with E-state index in [2.05, 4.69) is 5.10 Å². The Labute approximate surface area is 81.4 Å². The molecule has 0 amide bonds. The predicted molar refractivity (Wildman–Crippen MR) is 50.9 cm³/mol. The van der Waals surface area contributed by atoms with Crippen molar-refractivity contribution in [3.8, 4) is 0 Å². The van der Waals surface area contributed by atoms with E-state index >= 15 is 0 Å². The first-order chi connectivity index (χ1) is 6.45. The standard InChI is InChI=1S/C9H13F3N2/c1-3-8-14(2)13-7-5-4-6-9(10,11)12/h3-4,6-8H,5H2,1-2H3/b6-4-,8-3-,13-7+. The van der Waals surface area contributed by atoms with Gasteiger partial charge in [0.15, 0.2) is 0 Å². The summed E-state index contributed by atoms with van der Waals surface area (Å²) in [7, 11) is 1.70. The van der Waals surface area contributed by atoms with Gasteiger partial charge in [-0.15, -0.1) is 0 Å². The van der Waals surface area contributed by atoms with Crippen molar-refractivity contribution in [2.24, 2.45) is 5.10 Å². The lowest BCUT2D eigenvalue weighted by Crippen LogP contribution is -2.01. The SMILES string of the molecule is C/C=C\N(C)/N=C/C/C=C\C(F)(F)F. The molecule has 0 aromatic carbocycles. The van der Waals surface area contributed by atoms with Crippen molar-refractivity contribution in [2.75, 3.05) is 7.05 Å². The van der Waals surface area contributed by atoms with E-state index in [0.717, 1.165) is 6.08 Å². The van der Waals surface area contributed by atoms with Crippen LogP contribution in [0.1, 0.15) is 13.3 Å². The van der Waals surface area contributed by atoms with Gasteiger partial charge < -0.3 is 0 Å². The van der Waals surface area contributed by atoms with Crippen LogP contribution >= 0.6 is 0 Å². The highest BCUT2D eigenvalue weighted by Gasteiger charge is 2.21. The Balaban J connectivity index is 3.79. The minimum Gasteiger partial charge on any atom is -0.277 e. The first kappa shape index (κ1) is 12.7. The van der Waals surface area contributed by atoms with Crippen LogP contribution in [-0.2, 0) is 0 Å². The maximum Gasteiger partial charge on any atom is 0.409 e. The zero-order valence-electron chi connectivity index (χ0n) is 8.12. The summed E-state index contributed by atoms with van der Waals surface area (Å²) in [6, 6.07) is 0. The van der Waals surface area contributed by atoms with Crippen molar-refractivity contribution in [1.82, 2.24) is 5.01 Å². The molecule has 0 bridgehead atoms. The summed E-state index contributed by atoms with van der Waals surface area (Å²) in [5.41, 5.74) is 0. The molecule has 2 nitrogen and oxygen atoms in total. The minimum atomic E-state index is -4.23. The molecule has 14 heavy (non-hydrogen) atoms. The number of alkyl halides is 3. The van der Waals surface area contributed by atoms with E-state index in [4.69, 9.17) is 0 Å². The molecular weight excluding hydrogens is 193 g/mol. The zero-order valence-corrected chi connectivity index (χ0v) is 8.12. The van der Waals surface area contributed by atoms with Gasteiger partial charge in [0.05, 0.1) is 0 Å². The molecule has 0 fully saturated rings. The van der Waals surface area contributed by atoms with Crippen molar-refractivity contribution in [2.45, 2.75) is 19.5 Å². The fraction of sp³-hybridized carbons (Fsp3) is 0.444. The molecule has 80 valence electrons. The molecule has 5 heteroatoms. The van der Waals surface area contributed by atoms with Crippen LogP contribution in [0.3, 0.4) is 0 Å². The van der Waals surface area contributed by atoms with Crippen LogP contribution in [0.25, 0.3) is 0 Å². The summed E-state index contributed by atoms with van der Waals surface area (Å²) in [6.07, 6.45) is 2.04. The molecule has 0 aromatic heterocycles. The smallest absolute Gasteiger partial charge is 0.277 e. The molecule has 0 radical (unpaired) electrons. The molecular formula is C9H13F3N2. The topological polar surface area (TPSA) is 15.6 Å². The van der Waals surface area contributed by atoms with Crippen molar-refractivity contribution in [3.63, 3.8) is 0 Å². The molecule has 0 N–H and O–H groups in total. The average molecular weight is 206 g/mol. The summed E-state index contributed by atoms with van der Waals surface area (Å²) >= 11 is 0. The third-order valence-electron chi connectivity index (χ3n) is 1.18. The highest BCUT2D eigenvalue weighted by molar-refractivity contribution is 5.59. The van der Waals surface area contributed by atoms with Crippen molar-refractivity contribution < 1.29 is 13.2 Å². The molecule has 0 spiro atoms. The number of rotatable bonds is 4. The van der Waals surface area contributed by atoms with Crippen LogP contribution in [0.4, 0.5) is 13.2 Å². The van der Waals surface area contributed by atoms with E-state index in [1.807, 2.05) is 6.92 Å². The third-order valence-corrected chi connectivity index (χ3v) is 1.18. The molecule has 0 aliphatic rings. The number of allylic oxidation sites excluding steroid dienone is 3. The second-order valence-electron chi connectivity index (χ2n) is 2.53. The maximum atomic E-state index is 11.6. The quantitative estimate of drug-likeness (QED) is 0.392. The average Bonchev–Trinajstić information content (AvgIpc) is 2.02. The van der Waals surface area contributed by atoms with Gasteiger partial charge in [0.25, 0.3) is 0 Å². The summed E-state index contributed by atoms with van der Waals surface area (Å²) in [6.45, 7) is 1.83. The molecule has 0 aliphatic carbocycles. The monoisotopic (exact) mass is 206 g/mol. The van der Waals surface area contributed by atoms with Gasteiger partial charge in [-0.25, -0.2) is 0 Å². The molecule has 0 atom stereocenters. The third kappa shape index (κ3) is 8.83. The van der Waals surface area contributed by atoms with Gasteiger partial charge in [0, 0.05) is 32.0 Å². The first-order valence-corrected chi connectivity index (χ1v) is 4.08. The molecule has 0 aromatic rings. The Kier molecular flexibility index (Phi) is 5.67. The van der Waals surface area contributed by atoms with Gasteiger partial charge >= 0.3 is 6.18 Å². The molecule has 0 unspecified atom stereocenters. The van der Waals surface area contributed by atoms with Gasteiger partial charge in [0.1, 0.15) is 0 Å². The van der Waals surface area contributed by atoms with E-state index in [0.29, 0.717) is 0 Å². The minimum absolute atomic E-state index is 0.168. The number of hydrogen-bond donors (Lipinski definition) is 0. The Bertz CT molecular complexity index is 229. The normalized spacial score (nSPS) is 13.5. The summed E-state index contributed by atoms with van der Waals surface area (Å²) in [5.74, 6) is 0. The number of hydrogen-bond acceptors (Lipinski definition) is 2. The number of nitrogens with zero attached hydrogens (tertiary/aromatic N) is 2. The van der Waals surface area contributed by atoms with Crippen LogP contribution < -0.4 is 0 Å². The van der Waals surface area contributed by atoms with Crippen LogP contribution in [0.5, 0.6) is 0 Å². The van der Waals surface area contributed by atoms with Crippen molar-refractivity contribution in [3.05, 3.63) is 24.4 Å². The highest BCUT2D eigenvalue weighted by atomic mass is 19.4. The Morgan fingerprint density at radius 1 is 1.36 bits per heavy atom. The lowest BCUT2D eigenvalue weighted by Gasteiger charge is -2.03. The molecule has 0 aliphatic heterocycles. The molecule has 0 saturated carbocycles. The van der Waals surface area contributed by atoms with Gasteiger partial charge in [-0.05, 0) is 6.92 Å². The van der Waals surface area contributed by atoms with Crippen LogP contribution in [0.2, 0.25) is 0 Å². The number of halogens is 3. The largest absolute Gasteiger partial charge is 0.409 e. The number of hydrazone groups is 1. The van der Waals surface area contributed by atoms with Gasteiger partial charge in [-0.2, -0.15) is 18.3 Å². The van der Waals surface area contributed by atoms with Gasteiger partial charge in [-0.1, -0.05) is 12.2 Å². The summed E-state index contributed by atoms with van der Waals surface area (Å²) < 4.78 is 34.8. The first-order valence-electron chi connectivity index (χ1n) is 4.08. The predicted octanol–water partition coefficient (Wildman–Crippen LogP) is 2.95. The molecule has 0 rings (SSSR count). The van der Waals surface area contributed by atoms with Crippen molar-refractivity contribution >= 4 is 6.21 Å². The Morgan fingerprint density at radius 3 is 2.50 bits per heavy atom. The van der Waals surface area contributed by atoms with E-state index in [9.17, 15) is 13.2 Å². The lowest BCUT2D eigenvalue weighted by atomic mass is 10.4. The van der Waals surface area contributed by atoms with Crippen LogP contribution in [0.15, 0.2) is 29.5 Å². The molecule has 0 saturated heterocycles. The Hall–Kier alpha value is -1.26. The fourth-order valence-corrected chi connectivity index (χ4v) is 0.693. The van der Waals surface area contributed by atoms with Gasteiger partial charge in [-0.3, -0.25) is 5.01 Å². The van der Waals surface area contributed by atoms with Gasteiger partial charge in [0.2, 0.25) is 0 Å². The van der Waals surface area contributed by atoms with Crippen LogP contribution in [-0.4, -0.2) is 24.4 Å². The second-order valence-corrected chi connectivity index (χ2v) is 2.53. The maximum absolute atomic E-state index is 11.6. The highest BCUT2D eigenvalue weighted by Crippen LogP contribution is 2.15. The fourth-order valence-electron chi connectivity index (χ4n) is 0.693. The van der Waals surface area contributed by atoms with E-state index in [-0.39, 0.29) is 12.5 Å². The Morgan fingerprint density at radius 2 is 2.00 bits per heavy atom. The van der Waals surface area contributed by atoms with E-state index < -0.39 is 6.18 Å². The zero-order chi connectivity index (χ0) is 11.0. The lowest BCUT2D eigenvalue weighted by molar-refractivity contribution is -0.0799. The van der Waals surface area contributed by atoms with E-state index in [1.54, 1.807) is 19.3 Å². The summed E-state index contributed by atoms with van der Waals surface area (Å²) in [4.78, 5) is 0. The summed E-state index contributed by atoms with van der Waals surface area (Å²) in [5, 5.41) is 5.35. The molecule has 0 heterocycles. The second kappa shape index (κ2) is 6.23. The van der Waals surface area contributed by atoms with E-state index in [1.165, 1.54) is 11.2 Å².